The number of anilines is 1. The molecule has 0 saturated heterocycles. The Morgan fingerprint density at radius 2 is 2.05 bits per heavy atom. The summed E-state index contributed by atoms with van der Waals surface area (Å²) < 4.78 is 18.5. The number of thiocarbonyl (C=S) groups is 1. The van der Waals surface area contributed by atoms with E-state index < -0.39 is 0 Å². The summed E-state index contributed by atoms with van der Waals surface area (Å²) in [6.07, 6.45) is 0. The molecule has 3 nitrogen and oxygen atoms in total. The average molecular weight is 297 g/mol. The van der Waals surface area contributed by atoms with Gasteiger partial charge in [-0.1, -0.05) is 17.7 Å². The summed E-state index contributed by atoms with van der Waals surface area (Å²) in [5.74, 6) is 0.415. The summed E-state index contributed by atoms with van der Waals surface area (Å²) >= 11 is 10.8. The first-order chi connectivity index (χ1) is 9.04. The minimum atomic E-state index is -0.375. The van der Waals surface area contributed by atoms with Crippen molar-refractivity contribution in [2.45, 2.75) is 0 Å². The molecular formula is C13H10ClFN2OS. The molecule has 0 heterocycles. The zero-order chi connectivity index (χ0) is 13.8. The molecule has 0 atom stereocenters. The minimum absolute atomic E-state index is 0.148. The molecular weight excluding hydrogens is 287 g/mol. The van der Waals surface area contributed by atoms with Crippen molar-refractivity contribution in [3.05, 3.63) is 53.3 Å². The molecule has 0 unspecified atom stereocenters. The number of halogens is 2. The van der Waals surface area contributed by atoms with Crippen molar-refractivity contribution < 1.29 is 9.13 Å². The van der Waals surface area contributed by atoms with E-state index in [0.29, 0.717) is 22.2 Å². The van der Waals surface area contributed by atoms with E-state index in [9.17, 15) is 4.39 Å². The molecule has 0 amide bonds. The van der Waals surface area contributed by atoms with Gasteiger partial charge in [-0.15, -0.1) is 0 Å². The van der Waals surface area contributed by atoms with Crippen LogP contribution in [0.25, 0.3) is 0 Å². The van der Waals surface area contributed by atoms with Gasteiger partial charge in [0.05, 0.1) is 5.02 Å². The Bertz CT molecular complexity index is 621. The Balaban J connectivity index is 2.19. The molecule has 6 heteroatoms. The van der Waals surface area contributed by atoms with E-state index in [4.69, 9.17) is 34.3 Å². The van der Waals surface area contributed by atoms with Gasteiger partial charge in [-0.2, -0.15) is 0 Å². The molecule has 0 aliphatic carbocycles. The van der Waals surface area contributed by atoms with E-state index in [1.807, 2.05) is 0 Å². The number of nitrogens with two attached hydrogens (primary N) is 1. The molecule has 19 heavy (non-hydrogen) atoms. The van der Waals surface area contributed by atoms with Gasteiger partial charge in [0.2, 0.25) is 0 Å². The van der Waals surface area contributed by atoms with E-state index in [1.165, 1.54) is 12.1 Å². The highest BCUT2D eigenvalue weighted by atomic mass is 35.5. The van der Waals surface area contributed by atoms with Gasteiger partial charge in [-0.05, 0) is 42.5 Å². The van der Waals surface area contributed by atoms with Crippen LogP contribution in [0.3, 0.4) is 0 Å². The fourth-order valence-electron chi connectivity index (χ4n) is 1.46. The molecule has 0 spiro atoms. The van der Waals surface area contributed by atoms with Crippen LogP contribution in [-0.2, 0) is 0 Å². The second-order valence-electron chi connectivity index (χ2n) is 3.69. The van der Waals surface area contributed by atoms with Crippen LogP contribution in [0, 0.1) is 5.82 Å². The largest absolute Gasteiger partial charge is 0.456 e. The molecule has 2 aromatic rings. The van der Waals surface area contributed by atoms with Gasteiger partial charge < -0.3 is 15.8 Å². The average Bonchev–Trinajstić information content (AvgIpc) is 2.32. The van der Waals surface area contributed by atoms with Crippen molar-refractivity contribution in [1.29, 1.82) is 0 Å². The standard InChI is InChI=1S/C13H10ClFN2OS/c14-11-7-9(17-13(16)19)4-5-12(11)18-10-3-1-2-8(15)6-10/h1-7H,(H3,16,17,19). The molecule has 3 N–H and O–H groups in total. The van der Waals surface area contributed by atoms with E-state index in [2.05, 4.69) is 5.32 Å². The number of hydrogen-bond acceptors (Lipinski definition) is 2. The van der Waals surface area contributed by atoms with E-state index in [1.54, 1.807) is 30.3 Å². The van der Waals surface area contributed by atoms with Crippen LogP contribution in [0.5, 0.6) is 11.5 Å². The Kier molecular flexibility index (Phi) is 4.19. The van der Waals surface area contributed by atoms with Gasteiger partial charge in [-0.25, -0.2) is 4.39 Å². The maximum absolute atomic E-state index is 13.0. The first-order valence-electron chi connectivity index (χ1n) is 5.34. The number of rotatable bonds is 3. The third kappa shape index (κ3) is 3.81. The van der Waals surface area contributed by atoms with E-state index >= 15 is 0 Å². The lowest BCUT2D eigenvalue weighted by Gasteiger charge is -2.10. The number of nitrogens with one attached hydrogen (secondary N) is 1. The molecule has 0 aromatic heterocycles. The molecule has 2 rings (SSSR count). The third-order valence-electron chi connectivity index (χ3n) is 2.22. The fourth-order valence-corrected chi connectivity index (χ4v) is 1.80. The van der Waals surface area contributed by atoms with Gasteiger partial charge in [0.25, 0.3) is 0 Å². The van der Waals surface area contributed by atoms with Crippen LogP contribution in [0.1, 0.15) is 0 Å². The van der Waals surface area contributed by atoms with Gasteiger partial charge in [-0.3, -0.25) is 0 Å². The van der Waals surface area contributed by atoms with Crippen LogP contribution in [0.15, 0.2) is 42.5 Å². The lowest BCUT2D eigenvalue weighted by atomic mass is 10.3. The lowest BCUT2D eigenvalue weighted by molar-refractivity contribution is 0.477. The molecule has 0 radical (unpaired) electrons. The molecule has 0 bridgehead atoms. The number of ether oxygens (including phenoxy) is 1. The van der Waals surface area contributed by atoms with Crippen LogP contribution >= 0.6 is 23.8 Å². The highest BCUT2D eigenvalue weighted by Crippen LogP contribution is 2.31. The smallest absolute Gasteiger partial charge is 0.168 e. The Morgan fingerprint density at radius 3 is 2.68 bits per heavy atom. The van der Waals surface area contributed by atoms with E-state index in [0.717, 1.165) is 0 Å². The highest BCUT2D eigenvalue weighted by Gasteiger charge is 2.05. The Hall–Kier alpha value is -1.85. The zero-order valence-corrected chi connectivity index (χ0v) is 11.3. The summed E-state index contributed by atoms with van der Waals surface area (Å²) in [7, 11) is 0. The summed E-state index contributed by atoms with van der Waals surface area (Å²) in [6, 6.07) is 10.8. The van der Waals surface area contributed by atoms with Crippen molar-refractivity contribution in [3.63, 3.8) is 0 Å². The van der Waals surface area contributed by atoms with Crippen molar-refractivity contribution >= 4 is 34.6 Å². The predicted octanol–water partition coefficient (Wildman–Crippen LogP) is 3.93. The molecule has 0 aliphatic heterocycles. The first kappa shape index (κ1) is 13.6. The van der Waals surface area contributed by atoms with E-state index in [-0.39, 0.29) is 10.9 Å². The summed E-state index contributed by atoms with van der Waals surface area (Å²) in [6.45, 7) is 0. The topological polar surface area (TPSA) is 47.3 Å². The third-order valence-corrected chi connectivity index (χ3v) is 2.62. The van der Waals surface area contributed by atoms with Crippen molar-refractivity contribution in [3.8, 4) is 11.5 Å². The minimum Gasteiger partial charge on any atom is -0.456 e. The molecule has 0 saturated carbocycles. The Morgan fingerprint density at radius 1 is 1.26 bits per heavy atom. The predicted molar refractivity (Wildman–Crippen MR) is 78.3 cm³/mol. The SMILES string of the molecule is NC(=S)Nc1ccc(Oc2cccc(F)c2)c(Cl)c1. The highest BCUT2D eigenvalue weighted by molar-refractivity contribution is 7.80. The van der Waals surface area contributed by atoms with Gasteiger partial charge in [0, 0.05) is 11.8 Å². The van der Waals surface area contributed by atoms with Gasteiger partial charge in [0.1, 0.15) is 17.3 Å². The second kappa shape index (κ2) is 5.86. The maximum atomic E-state index is 13.0. The van der Waals surface area contributed by atoms with Gasteiger partial charge >= 0.3 is 0 Å². The first-order valence-corrected chi connectivity index (χ1v) is 6.12. The fraction of sp³-hybridized carbons (Fsp3) is 0. The quantitative estimate of drug-likeness (QED) is 0.843. The van der Waals surface area contributed by atoms with Crippen LogP contribution in [0.4, 0.5) is 10.1 Å². The van der Waals surface area contributed by atoms with Crippen molar-refractivity contribution in [2.75, 3.05) is 5.32 Å². The zero-order valence-electron chi connectivity index (χ0n) is 9.69. The molecule has 2 aromatic carbocycles. The summed E-state index contributed by atoms with van der Waals surface area (Å²) in [4.78, 5) is 0. The summed E-state index contributed by atoms with van der Waals surface area (Å²) in [5.41, 5.74) is 6.01. The van der Waals surface area contributed by atoms with Crippen LogP contribution < -0.4 is 15.8 Å². The number of benzene rings is 2. The molecule has 0 aliphatic rings. The van der Waals surface area contributed by atoms with Crippen molar-refractivity contribution in [1.82, 2.24) is 0 Å². The number of hydrogen-bond donors (Lipinski definition) is 2. The Labute approximate surface area is 120 Å². The van der Waals surface area contributed by atoms with Gasteiger partial charge in [0.15, 0.2) is 5.11 Å². The van der Waals surface area contributed by atoms with Crippen LogP contribution in [-0.4, -0.2) is 5.11 Å². The molecule has 98 valence electrons. The van der Waals surface area contributed by atoms with Crippen LogP contribution in [0.2, 0.25) is 5.02 Å². The second-order valence-corrected chi connectivity index (χ2v) is 4.54. The monoisotopic (exact) mass is 296 g/mol. The maximum Gasteiger partial charge on any atom is 0.168 e. The molecule has 0 fully saturated rings. The normalized spacial score (nSPS) is 10.0. The lowest BCUT2D eigenvalue weighted by Crippen LogP contribution is -2.18. The summed E-state index contributed by atoms with van der Waals surface area (Å²) in [5, 5.41) is 3.27. The van der Waals surface area contributed by atoms with Crippen molar-refractivity contribution in [2.24, 2.45) is 5.73 Å².